The Morgan fingerprint density at radius 3 is 2.02 bits per heavy atom. The summed E-state index contributed by atoms with van der Waals surface area (Å²) in [6, 6.07) is 38.0. The SMILES string of the molecule is C=C/C=C\c1ccc2c(c1C)-c1ccc(-c3nc(-c4ccccc4)nc(-c4cccc5c4C(C)(C)c4ccccc4-5)n3)cc1C21C2CC3CC(C2)CC1C3. The van der Waals surface area contributed by atoms with Gasteiger partial charge in [0.25, 0.3) is 0 Å². The molecule has 0 saturated heterocycles. The van der Waals surface area contributed by atoms with Crippen molar-refractivity contribution in [2.75, 3.05) is 0 Å². The van der Waals surface area contributed by atoms with Crippen LogP contribution in [0, 0.1) is 30.6 Å². The molecule has 1 aromatic heterocycles. The lowest BCUT2D eigenvalue weighted by molar-refractivity contribution is -0.0399. The molecular weight excluding hydrogens is 655 g/mol. The molecule has 264 valence electrons. The van der Waals surface area contributed by atoms with Gasteiger partial charge in [-0.2, -0.15) is 0 Å². The third-order valence-corrected chi connectivity index (χ3v) is 14.3. The zero-order valence-electron chi connectivity index (χ0n) is 31.4. The van der Waals surface area contributed by atoms with Crippen LogP contribution in [0.2, 0.25) is 0 Å². The monoisotopic (exact) mass is 699 g/mol. The van der Waals surface area contributed by atoms with E-state index in [1.165, 1.54) is 82.2 Å². The van der Waals surface area contributed by atoms with Gasteiger partial charge in [-0.1, -0.05) is 136 Å². The summed E-state index contributed by atoms with van der Waals surface area (Å²) in [4.78, 5) is 16.0. The van der Waals surface area contributed by atoms with Crippen LogP contribution in [-0.4, -0.2) is 15.0 Å². The lowest BCUT2D eigenvalue weighted by atomic mass is 9.43. The second-order valence-electron chi connectivity index (χ2n) is 17.3. The van der Waals surface area contributed by atoms with Crippen LogP contribution in [-0.2, 0) is 10.8 Å². The predicted molar refractivity (Wildman–Crippen MR) is 221 cm³/mol. The maximum Gasteiger partial charge on any atom is 0.164 e. The smallest absolute Gasteiger partial charge is 0.164 e. The Kier molecular flexibility index (Phi) is 6.85. The van der Waals surface area contributed by atoms with E-state index in [0.29, 0.717) is 17.7 Å². The zero-order valence-corrected chi connectivity index (χ0v) is 31.4. The Hall–Kier alpha value is -5.41. The summed E-state index contributed by atoms with van der Waals surface area (Å²) >= 11 is 0. The van der Waals surface area contributed by atoms with Gasteiger partial charge in [0.05, 0.1) is 0 Å². The number of rotatable bonds is 5. The first kappa shape index (κ1) is 32.1. The van der Waals surface area contributed by atoms with E-state index < -0.39 is 0 Å². The largest absolute Gasteiger partial charge is 0.208 e. The van der Waals surface area contributed by atoms with Gasteiger partial charge in [0.15, 0.2) is 17.5 Å². The summed E-state index contributed by atoms with van der Waals surface area (Å²) in [6.07, 6.45) is 13.0. The fourth-order valence-corrected chi connectivity index (χ4v) is 12.3. The lowest BCUT2D eigenvalue weighted by Gasteiger charge is -2.61. The van der Waals surface area contributed by atoms with Gasteiger partial charge in [0, 0.05) is 27.5 Å². The van der Waals surface area contributed by atoms with Crippen molar-refractivity contribution in [2.45, 2.75) is 63.7 Å². The van der Waals surface area contributed by atoms with Gasteiger partial charge in [-0.3, -0.25) is 0 Å². The molecule has 4 saturated carbocycles. The van der Waals surface area contributed by atoms with Crippen molar-refractivity contribution in [1.82, 2.24) is 15.0 Å². The first-order valence-corrected chi connectivity index (χ1v) is 20.0. The molecule has 3 heteroatoms. The number of allylic oxidation sites excluding steroid dienone is 2. The van der Waals surface area contributed by atoms with E-state index in [0.717, 1.165) is 40.2 Å². The number of hydrogen-bond acceptors (Lipinski definition) is 3. The van der Waals surface area contributed by atoms with Crippen LogP contribution in [0.4, 0.5) is 0 Å². The number of fused-ring (bicyclic) bond motifs is 6. The molecule has 54 heavy (non-hydrogen) atoms. The molecule has 12 rings (SSSR count). The Morgan fingerprint density at radius 2 is 1.26 bits per heavy atom. The van der Waals surface area contributed by atoms with Crippen LogP contribution in [0.25, 0.3) is 62.5 Å². The van der Waals surface area contributed by atoms with E-state index in [9.17, 15) is 0 Å². The molecule has 6 aliphatic rings. The van der Waals surface area contributed by atoms with Crippen molar-refractivity contribution in [3.8, 4) is 56.4 Å². The second kappa shape index (κ2) is 11.5. The fraction of sp³-hybridized carbons (Fsp3) is 0.275. The molecule has 0 N–H and O–H groups in total. The van der Waals surface area contributed by atoms with Gasteiger partial charge >= 0.3 is 0 Å². The molecule has 6 aromatic rings. The van der Waals surface area contributed by atoms with E-state index in [1.54, 1.807) is 5.56 Å². The van der Waals surface area contributed by atoms with E-state index >= 15 is 0 Å². The van der Waals surface area contributed by atoms with Crippen molar-refractivity contribution < 1.29 is 0 Å². The topological polar surface area (TPSA) is 38.7 Å². The Morgan fingerprint density at radius 1 is 0.593 bits per heavy atom. The van der Waals surface area contributed by atoms with Crippen molar-refractivity contribution in [1.29, 1.82) is 0 Å². The average molecular weight is 700 g/mol. The van der Waals surface area contributed by atoms with Crippen molar-refractivity contribution in [3.63, 3.8) is 0 Å². The Balaban J connectivity index is 1.13. The van der Waals surface area contributed by atoms with E-state index in [2.05, 4.69) is 143 Å². The van der Waals surface area contributed by atoms with Gasteiger partial charge in [0.1, 0.15) is 0 Å². The Bertz CT molecular complexity index is 2540. The van der Waals surface area contributed by atoms with Gasteiger partial charge in [0.2, 0.25) is 0 Å². The minimum absolute atomic E-state index is 0.0354. The normalized spacial score (nSPS) is 24.8. The summed E-state index contributed by atoms with van der Waals surface area (Å²) < 4.78 is 0. The molecule has 4 fully saturated rings. The lowest BCUT2D eigenvalue weighted by Crippen LogP contribution is -2.55. The van der Waals surface area contributed by atoms with Crippen molar-refractivity contribution in [3.05, 3.63) is 155 Å². The quantitative estimate of drug-likeness (QED) is 0.168. The van der Waals surface area contributed by atoms with E-state index in [1.807, 2.05) is 6.08 Å². The highest BCUT2D eigenvalue weighted by Crippen LogP contribution is 2.70. The number of benzene rings is 5. The van der Waals surface area contributed by atoms with Crippen LogP contribution in [0.5, 0.6) is 0 Å². The van der Waals surface area contributed by atoms with Crippen molar-refractivity contribution >= 4 is 6.08 Å². The Labute approximate surface area is 319 Å². The fourth-order valence-electron chi connectivity index (χ4n) is 12.3. The van der Waals surface area contributed by atoms with Gasteiger partial charge in [-0.25, -0.2) is 15.0 Å². The van der Waals surface area contributed by atoms with Gasteiger partial charge in [-0.05, 0) is 124 Å². The molecule has 0 aliphatic heterocycles. The molecule has 0 amide bonds. The van der Waals surface area contributed by atoms with Crippen LogP contribution >= 0.6 is 0 Å². The number of nitrogens with zero attached hydrogens (tertiary/aromatic N) is 3. The third-order valence-electron chi connectivity index (χ3n) is 14.3. The minimum Gasteiger partial charge on any atom is -0.208 e. The van der Waals surface area contributed by atoms with Crippen molar-refractivity contribution in [2.24, 2.45) is 23.7 Å². The summed E-state index contributed by atoms with van der Waals surface area (Å²) in [5.41, 5.74) is 16.8. The summed E-state index contributed by atoms with van der Waals surface area (Å²) in [7, 11) is 0. The van der Waals surface area contributed by atoms with Crippen LogP contribution < -0.4 is 0 Å². The van der Waals surface area contributed by atoms with Crippen LogP contribution in [0.1, 0.15) is 79.3 Å². The molecule has 0 radical (unpaired) electrons. The molecule has 4 bridgehead atoms. The standard InChI is InChI=1S/C51H45N3/c1-5-6-13-33-21-23-43-45(30(33)2)40-22-20-35(29-44(40)51(43)36-25-31-24-32(27-36)28-37(51)26-31)48-52-47(34-14-8-7-9-15-34)53-49(54-48)41-18-12-17-39-38-16-10-11-19-42(38)50(3,4)46(39)41/h5-23,29,31-32,36-37H,1,24-28H2,2-4H3/b13-6-. The highest BCUT2D eigenvalue weighted by atomic mass is 15.0. The molecular formula is C51H45N3. The molecule has 0 atom stereocenters. The first-order chi connectivity index (χ1) is 26.4. The molecule has 1 spiro atoms. The minimum atomic E-state index is -0.189. The second-order valence-corrected chi connectivity index (χ2v) is 17.3. The van der Waals surface area contributed by atoms with Gasteiger partial charge < -0.3 is 0 Å². The van der Waals surface area contributed by atoms with E-state index in [-0.39, 0.29) is 10.8 Å². The van der Waals surface area contributed by atoms with Crippen LogP contribution in [0.15, 0.2) is 122 Å². The van der Waals surface area contributed by atoms with Gasteiger partial charge in [-0.15, -0.1) is 0 Å². The predicted octanol–water partition coefficient (Wildman–Crippen LogP) is 12.4. The molecule has 6 aliphatic carbocycles. The van der Waals surface area contributed by atoms with Crippen LogP contribution in [0.3, 0.4) is 0 Å². The molecule has 3 nitrogen and oxygen atoms in total. The highest BCUT2D eigenvalue weighted by Gasteiger charge is 2.61. The average Bonchev–Trinajstić information content (AvgIpc) is 3.62. The first-order valence-electron chi connectivity index (χ1n) is 20.0. The third kappa shape index (κ3) is 4.33. The molecule has 5 aromatic carbocycles. The number of hydrogen-bond donors (Lipinski definition) is 0. The highest BCUT2D eigenvalue weighted by molar-refractivity contribution is 5.89. The maximum absolute atomic E-state index is 5.43. The summed E-state index contributed by atoms with van der Waals surface area (Å²) in [5.74, 6) is 5.29. The maximum atomic E-state index is 5.43. The summed E-state index contributed by atoms with van der Waals surface area (Å²) in [5, 5.41) is 0. The zero-order chi connectivity index (χ0) is 36.3. The summed E-state index contributed by atoms with van der Waals surface area (Å²) in [6.45, 7) is 11.0. The van der Waals surface area contributed by atoms with E-state index in [4.69, 9.17) is 15.0 Å². The molecule has 1 heterocycles. The number of aromatic nitrogens is 3. The molecule has 0 unspecified atom stereocenters.